The SMILES string of the molecule is O=C(Nc1ccc(Cl)c(F)c1Br)C(F)(F)F. The van der Waals surface area contributed by atoms with Gasteiger partial charge in [0.2, 0.25) is 0 Å². The van der Waals surface area contributed by atoms with Gasteiger partial charge in [0.15, 0.2) is 5.82 Å². The maximum absolute atomic E-state index is 13.1. The normalized spacial score (nSPS) is 11.4. The van der Waals surface area contributed by atoms with Crippen molar-refractivity contribution in [2.45, 2.75) is 6.18 Å². The van der Waals surface area contributed by atoms with Crippen molar-refractivity contribution in [2.75, 3.05) is 5.32 Å². The molecule has 1 amide bonds. The number of halogens is 6. The number of amides is 1. The van der Waals surface area contributed by atoms with Crippen LogP contribution in [0.1, 0.15) is 0 Å². The van der Waals surface area contributed by atoms with Crippen LogP contribution in [0.25, 0.3) is 0 Å². The van der Waals surface area contributed by atoms with Crippen molar-refractivity contribution in [2.24, 2.45) is 0 Å². The molecule has 16 heavy (non-hydrogen) atoms. The summed E-state index contributed by atoms with van der Waals surface area (Å²) >= 11 is 8.06. The van der Waals surface area contributed by atoms with Crippen LogP contribution in [0.15, 0.2) is 16.6 Å². The maximum Gasteiger partial charge on any atom is 0.471 e. The van der Waals surface area contributed by atoms with Crippen LogP contribution in [-0.4, -0.2) is 12.1 Å². The number of hydrogen-bond donors (Lipinski definition) is 1. The Morgan fingerprint density at radius 1 is 1.38 bits per heavy atom. The fourth-order valence-electron chi connectivity index (χ4n) is 0.816. The third-order valence-electron chi connectivity index (χ3n) is 1.54. The van der Waals surface area contributed by atoms with E-state index in [1.165, 1.54) is 5.32 Å². The van der Waals surface area contributed by atoms with Gasteiger partial charge in [-0.2, -0.15) is 13.2 Å². The van der Waals surface area contributed by atoms with E-state index in [4.69, 9.17) is 11.6 Å². The molecule has 0 saturated heterocycles. The monoisotopic (exact) mass is 319 g/mol. The molecule has 2 nitrogen and oxygen atoms in total. The molecule has 0 bridgehead atoms. The molecule has 1 aromatic carbocycles. The number of nitrogens with one attached hydrogen (secondary N) is 1. The van der Waals surface area contributed by atoms with Crippen LogP contribution in [0.5, 0.6) is 0 Å². The minimum atomic E-state index is -5.03. The highest BCUT2D eigenvalue weighted by Crippen LogP contribution is 2.31. The van der Waals surface area contributed by atoms with Crippen molar-refractivity contribution < 1.29 is 22.4 Å². The van der Waals surface area contributed by atoms with Gasteiger partial charge in [-0.15, -0.1) is 0 Å². The molecule has 0 aliphatic rings. The molecule has 0 aliphatic heterocycles. The zero-order valence-electron chi connectivity index (χ0n) is 7.33. The van der Waals surface area contributed by atoms with Crippen LogP contribution in [0, 0.1) is 5.82 Å². The fraction of sp³-hybridized carbons (Fsp3) is 0.125. The lowest BCUT2D eigenvalue weighted by Crippen LogP contribution is -2.30. The number of rotatable bonds is 1. The number of carbonyl (C=O) groups is 1. The molecule has 8 heteroatoms. The Hall–Kier alpha value is -0.820. The van der Waals surface area contributed by atoms with Gasteiger partial charge < -0.3 is 5.32 Å². The Morgan fingerprint density at radius 3 is 2.44 bits per heavy atom. The molecular weight excluding hydrogens is 317 g/mol. The van der Waals surface area contributed by atoms with E-state index in [9.17, 15) is 22.4 Å². The standard InChI is InChI=1S/C8H3BrClF4NO/c9-5-4(2-1-3(10)6(5)11)15-7(16)8(12,13)14/h1-2H,(H,15,16). The van der Waals surface area contributed by atoms with E-state index in [0.717, 1.165) is 12.1 Å². The lowest BCUT2D eigenvalue weighted by molar-refractivity contribution is -0.167. The number of carbonyl (C=O) groups excluding carboxylic acids is 1. The highest BCUT2D eigenvalue weighted by Gasteiger charge is 2.39. The van der Waals surface area contributed by atoms with Crippen LogP contribution in [0.2, 0.25) is 5.02 Å². The summed E-state index contributed by atoms with van der Waals surface area (Å²) in [6.07, 6.45) is -5.03. The number of anilines is 1. The Morgan fingerprint density at radius 2 is 1.94 bits per heavy atom. The van der Waals surface area contributed by atoms with E-state index in [0.29, 0.717) is 0 Å². The average molecular weight is 320 g/mol. The second kappa shape index (κ2) is 4.58. The summed E-state index contributed by atoms with van der Waals surface area (Å²) in [4.78, 5) is 10.6. The number of hydrogen-bond acceptors (Lipinski definition) is 1. The van der Waals surface area contributed by atoms with Crippen molar-refractivity contribution in [3.05, 3.63) is 27.4 Å². The second-order valence-electron chi connectivity index (χ2n) is 2.67. The smallest absolute Gasteiger partial charge is 0.317 e. The molecule has 0 atom stereocenters. The van der Waals surface area contributed by atoms with Gasteiger partial charge in [-0.1, -0.05) is 11.6 Å². The lowest BCUT2D eigenvalue weighted by Gasteiger charge is -2.10. The molecular formula is C8H3BrClF4NO. The first-order chi connectivity index (χ1) is 7.23. The van der Waals surface area contributed by atoms with E-state index in [1.54, 1.807) is 0 Å². The summed E-state index contributed by atoms with van der Waals surface area (Å²) in [5, 5.41) is 1.24. The first kappa shape index (κ1) is 13.2. The predicted molar refractivity (Wildman–Crippen MR) is 53.8 cm³/mol. The quantitative estimate of drug-likeness (QED) is 0.620. The Balaban J connectivity index is 3.00. The summed E-state index contributed by atoms with van der Waals surface area (Å²) < 4.78 is 48.5. The fourth-order valence-corrected chi connectivity index (χ4v) is 1.53. The molecule has 0 saturated carbocycles. The second-order valence-corrected chi connectivity index (χ2v) is 3.87. The van der Waals surface area contributed by atoms with E-state index >= 15 is 0 Å². The largest absolute Gasteiger partial charge is 0.471 e. The third-order valence-corrected chi connectivity index (χ3v) is 2.61. The number of alkyl halides is 3. The molecule has 1 N–H and O–H groups in total. The maximum atomic E-state index is 13.1. The van der Waals surface area contributed by atoms with Crippen LogP contribution < -0.4 is 5.32 Å². The van der Waals surface area contributed by atoms with Crippen LogP contribution in [0.4, 0.5) is 23.2 Å². The van der Waals surface area contributed by atoms with E-state index < -0.39 is 17.9 Å². The molecule has 0 aromatic heterocycles. The Kier molecular flexibility index (Phi) is 3.80. The van der Waals surface area contributed by atoms with Gasteiger partial charge in [0, 0.05) is 0 Å². The summed E-state index contributed by atoms with van der Waals surface area (Å²) in [6.45, 7) is 0. The van der Waals surface area contributed by atoms with Gasteiger partial charge in [0.25, 0.3) is 0 Å². The van der Waals surface area contributed by atoms with Crippen LogP contribution in [-0.2, 0) is 4.79 Å². The van der Waals surface area contributed by atoms with Gasteiger partial charge >= 0.3 is 12.1 Å². The molecule has 0 unspecified atom stereocenters. The van der Waals surface area contributed by atoms with E-state index in [2.05, 4.69) is 15.9 Å². The van der Waals surface area contributed by atoms with Gasteiger partial charge in [-0.25, -0.2) is 4.39 Å². The zero-order valence-corrected chi connectivity index (χ0v) is 9.67. The molecule has 0 fully saturated rings. The lowest BCUT2D eigenvalue weighted by atomic mass is 10.3. The molecule has 0 radical (unpaired) electrons. The first-order valence-electron chi connectivity index (χ1n) is 3.75. The topological polar surface area (TPSA) is 29.1 Å². The van der Waals surface area contributed by atoms with Gasteiger partial charge in [-0.05, 0) is 28.1 Å². The summed E-state index contributed by atoms with van der Waals surface area (Å²) in [5.74, 6) is -3.13. The van der Waals surface area contributed by atoms with Gasteiger partial charge in [-0.3, -0.25) is 4.79 Å². The molecule has 1 aromatic rings. The van der Waals surface area contributed by atoms with Gasteiger partial charge in [0.05, 0.1) is 15.2 Å². The van der Waals surface area contributed by atoms with Crippen molar-refractivity contribution in [1.29, 1.82) is 0 Å². The predicted octanol–water partition coefficient (Wildman–Crippen LogP) is 3.74. The highest BCUT2D eigenvalue weighted by molar-refractivity contribution is 9.10. The molecule has 0 spiro atoms. The Bertz CT molecular complexity index is 435. The molecule has 1 rings (SSSR count). The first-order valence-corrected chi connectivity index (χ1v) is 4.92. The van der Waals surface area contributed by atoms with Crippen LogP contribution >= 0.6 is 27.5 Å². The average Bonchev–Trinajstić information content (AvgIpc) is 2.17. The summed E-state index contributed by atoms with van der Waals surface area (Å²) in [6, 6.07) is 2.09. The minimum Gasteiger partial charge on any atom is -0.317 e. The third kappa shape index (κ3) is 2.85. The van der Waals surface area contributed by atoms with Gasteiger partial charge in [0.1, 0.15) is 0 Å². The van der Waals surface area contributed by atoms with Crippen molar-refractivity contribution in [3.8, 4) is 0 Å². The van der Waals surface area contributed by atoms with Crippen molar-refractivity contribution in [1.82, 2.24) is 0 Å². The van der Waals surface area contributed by atoms with E-state index in [1.807, 2.05) is 0 Å². The zero-order chi connectivity index (χ0) is 12.5. The molecule has 88 valence electrons. The molecule has 0 aliphatic carbocycles. The van der Waals surface area contributed by atoms with Crippen molar-refractivity contribution in [3.63, 3.8) is 0 Å². The van der Waals surface area contributed by atoms with Crippen LogP contribution in [0.3, 0.4) is 0 Å². The van der Waals surface area contributed by atoms with E-state index in [-0.39, 0.29) is 15.2 Å². The van der Waals surface area contributed by atoms with Crippen molar-refractivity contribution >= 4 is 39.1 Å². The highest BCUT2D eigenvalue weighted by atomic mass is 79.9. The minimum absolute atomic E-state index is 0.267. The summed E-state index contributed by atoms with van der Waals surface area (Å²) in [7, 11) is 0. The molecule has 0 heterocycles. The summed E-state index contributed by atoms with van der Waals surface area (Å²) in [5.41, 5.74) is -0.343. The number of benzene rings is 1. The Labute approximate surface area is 101 Å².